The van der Waals surface area contributed by atoms with Crippen LogP contribution in [-0.4, -0.2) is 37.9 Å². The van der Waals surface area contributed by atoms with Crippen LogP contribution in [0.1, 0.15) is 32.3 Å². The lowest BCUT2D eigenvalue weighted by molar-refractivity contribution is -0.157. The number of aromatic nitrogens is 1. The number of aryl methyl sites for hydroxylation is 2. The number of carbonyl (C=O) groups excluding carboxylic acids is 1. The molecule has 0 amide bonds. The van der Waals surface area contributed by atoms with E-state index in [9.17, 15) is 13.2 Å². The van der Waals surface area contributed by atoms with E-state index in [-0.39, 0.29) is 0 Å². The van der Waals surface area contributed by atoms with Crippen LogP contribution in [0.5, 0.6) is 11.5 Å². The maximum absolute atomic E-state index is 12.0. The van der Waals surface area contributed by atoms with Crippen LogP contribution in [0, 0.1) is 0 Å². The molecule has 0 aliphatic carbocycles. The standard InChI is InChI=1S/C24H29NO6S/c1-5-24(2,23(26)29-3)30-20-10-8-18(9-11-20)7-6-15-25-16-14-19-17-21(12-13-22(19)25)31-32(4,27)28/h8-14,16-17H,5-7,15H2,1-4H3/t24-/m0/s1. The minimum Gasteiger partial charge on any atom is -0.476 e. The van der Waals surface area contributed by atoms with Crippen molar-refractivity contribution in [2.24, 2.45) is 0 Å². The third-order valence-corrected chi connectivity index (χ3v) is 5.91. The molecule has 32 heavy (non-hydrogen) atoms. The Morgan fingerprint density at radius 2 is 1.75 bits per heavy atom. The Morgan fingerprint density at radius 3 is 2.38 bits per heavy atom. The van der Waals surface area contributed by atoms with Gasteiger partial charge in [-0.1, -0.05) is 19.1 Å². The predicted octanol–water partition coefficient (Wildman–Crippen LogP) is 4.33. The molecule has 0 unspecified atom stereocenters. The summed E-state index contributed by atoms with van der Waals surface area (Å²) in [7, 11) is -2.18. The molecule has 0 aliphatic rings. The van der Waals surface area contributed by atoms with Crippen LogP contribution < -0.4 is 8.92 Å². The van der Waals surface area contributed by atoms with Crippen molar-refractivity contribution in [2.45, 2.75) is 45.3 Å². The number of ether oxygens (including phenoxy) is 2. The van der Waals surface area contributed by atoms with Gasteiger partial charge >= 0.3 is 16.1 Å². The quantitative estimate of drug-likeness (QED) is 0.331. The van der Waals surface area contributed by atoms with E-state index in [1.807, 2.05) is 49.5 Å². The Kier molecular flexibility index (Phi) is 7.13. The molecule has 1 aromatic heterocycles. The van der Waals surface area contributed by atoms with Crippen molar-refractivity contribution >= 4 is 27.0 Å². The third-order valence-electron chi connectivity index (χ3n) is 5.41. The Bertz CT molecular complexity index is 1180. The molecule has 0 radical (unpaired) electrons. The Balaban J connectivity index is 1.58. The normalized spacial score (nSPS) is 13.5. The van der Waals surface area contributed by atoms with Crippen molar-refractivity contribution in [3.05, 3.63) is 60.3 Å². The number of hydrogen-bond acceptors (Lipinski definition) is 6. The number of fused-ring (bicyclic) bond motifs is 1. The minimum atomic E-state index is -3.54. The number of nitrogens with zero attached hydrogens (tertiary/aromatic N) is 1. The zero-order valence-electron chi connectivity index (χ0n) is 18.8. The van der Waals surface area contributed by atoms with Gasteiger partial charge in [-0.25, -0.2) is 4.79 Å². The molecular formula is C24H29NO6S. The topological polar surface area (TPSA) is 83.8 Å². The highest BCUT2D eigenvalue weighted by molar-refractivity contribution is 7.86. The summed E-state index contributed by atoms with van der Waals surface area (Å²) in [5.41, 5.74) is 1.20. The van der Waals surface area contributed by atoms with Gasteiger partial charge in [-0.05, 0) is 68.1 Å². The SMILES string of the molecule is CC[C@](C)(Oc1ccc(CCCn2ccc3cc(OS(C)(=O)=O)ccc32)cc1)C(=O)OC. The van der Waals surface area contributed by atoms with Gasteiger partial charge < -0.3 is 18.2 Å². The number of rotatable bonds is 10. The lowest BCUT2D eigenvalue weighted by Gasteiger charge is -2.26. The molecular weight excluding hydrogens is 430 g/mol. The average Bonchev–Trinajstić information content (AvgIpc) is 3.15. The van der Waals surface area contributed by atoms with Crippen molar-refractivity contribution in [1.29, 1.82) is 0 Å². The molecule has 0 saturated carbocycles. The molecule has 0 aliphatic heterocycles. The van der Waals surface area contributed by atoms with E-state index in [4.69, 9.17) is 13.7 Å². The number of methoxy groups -OCH3 is 1. The summed E-state index contributed by atoms with van der Waals surface area (Å²) in [6.07, 6.45) is 5.35. The predicted molar refractivity (Wildman–Crippen MR) is 124 cm³/mol. The first-order chi connectivity index (χ1) is 15.1. The van der Waals surface area contributed by atoms with Crippen molar-refractivity contribution in [3.63, 3.8) is 0 Å². The van der Waals surface area contributed by atoms with Gasteiger partial charge in [-0.2, -0.15) is 8.42 Å². The number of esters is 1. The highest BCUT2D eigenvalue weighted by Crippen LogP contribution is 2.25. The first-order valence-electron chi connectivity index (χ1n) is 10.5. The van der Waals surface area contributed by atoms with Crippen LogP contribution in [0.15, 0.2) is 54.7 Å². The Morgan fingerprint density at radius 1 is 1.06 bits per heavy atom. The summed E-state index contributed by atoms with van der Waals surface area (Å²) < 4.78 is 40.4. The molecule has 172 valence electrons. The van der Waals surface area contributed by atoms with E-state index < -0.39 is 21.7 Å². The summed E-state index contributed by atoms with van der Waals surface area (Å²) >= 11 is 0. The highest BCUT2D eigenvalue weighted by atomic mass is 32.2. The Hall–Kier alpha value is -3.00. The smallest absolute Gasteiger partial charge is 0.349 e. The Labute approximate surface area is 189 Å². The van der Waals surface area contributed by atoms with Gasteiger partial charge in [0, 0.05) is 23.6 Å². The van der Waals surface area contributed by atoms with Crippen molar-refractivity contribution in [3.8, 4) is 11.5 Å². The summed E-state index contributed by atoms with van der Waals surface area (Å²) in [6.45, 7) is 4.43. The molecule has 1 heterocycles. The van der Waals surface area contributed by atoms with Gasteiger partial charge in [0.25, 0.3) is 0 Å². The highest BCUT2D eigenvalue weighted by Gasteiger charge is 2.34. The maximum Gasteiger partial charge on any atom is 0.349 e. The van der Waals surface area contributed by atoms with E-state index >= 15 is 0 Å². The summed E-state index contributed by atoms with van der Waals surface area (Å²) in [5, 5.41) is 0.928. The van der Waals surface area contributed by atoms with Crippen LogP contribution in [-0.2, 0) is 32.6 Å². The van der Waals surface area contributed by atoms with Gasteiger partial charge in [0.05, 0.1) is 13.4 Å². The molecule has 0 spiro atoms. The molecule has 2 aromatic carbocycles. The number of hydrogen-bond donors (Lipinski definition) is 0. The van der Waals surface area contributed by atoms with Gasteiger partial charge in [0.2, 0.25) is 5.60 Å². The van der Waals surface area contributed by atoms with Crippen LogP contribution in [0.2, 0.25) is 0 Å². The van der Waals surface area contributed by atoms with Crippen LogP contribution >= 0.6 is 0 Å². The van der Waals surface area contributed by atoms with E-state index in [1.165, 1.54) is 12.7 Å². The number of benzene rings is 2. The summed E-state index contributed by atoms with van der Waals surface area (Å²) in [6, 6.07) is 15.0. The van der Waals surface area contributed by atoms with Crippen molar-refractivity contribution in [1.82, 2.24) is 4.57 Å². The monoisotopic (exact) mass is 459 g/mol. The van der Waals surface area contributed by atoms with Crippen molar-refractivity contribution < 1.29 is 26.9 Å². The largest absolute Gasteiger partial charge is 0.476 e. The van der Waals surface area contributed by atoms with Gasteiger partial charge in [0.1, 0.15) is 11.5 Å². The second kappa shape index (κ2) is 9.65. The van der Waals surface area contributed by atoms with Crippen LogP contribution in [0.25, 0.3) is 10.9 Å². The van der Waals surface area contributed by atoms with Crippen molar-refractivity contribution in [2.75, 3.05) is 13.4 Å². The second-order valence-electron chi connectivity index (χ2n) is 7.94. The van der Waals surface area contributed by atoms with Gasteiger partial charge in [0.15, 0.2) is 0 Å². The molecule has 7 nitrogen and oxygen atoms in total. The van der Waals surface area contributed by atoms with E-state index in [0.717, 1.165) is 36.5 Å². The summed E-state index contributed by atoms with van der Waals surface area (Å²) in [4.78, 5) is 12.0. The zero-order chi connectivity index (χ0) is 23.4. The molecule has 0 bridgehead atoms. The fourth-order valence-corrected chi connectivity index (χ4v) is 3.96. The maximum atomic E-state index is 12.0. The first-order valence-corrected chi connectivity index (χ1v) is 12.3. The molecule has 1 atom stereocenters. The van der Waals surface area contributed by atoms with Gasteiger partial charge in [-0.15, -0.1) is 0 Å². The minimum absolute atomic E-state index is 0.312. The fraction of sp³-hybridized carbons (Fsp3) is 0.375. The van der Waals surface area contributed by atoms with Crippen LogP contribution in [0.4, 0.5) is 0 Å². The molecule has 0 fully saturated rings. The first kappa shape index (κ1) is 23.7. The molecule has 0 saturated heterocycles. The van der Waals surface area contributed by atoms with E-state index in [1.54, 1.807) is 19.1 Å². The molecule has 3 aromatic rings. The van der Waals surface area contributed by atoms with Crippen LogP contribution in [0.3, 0.4) is 0 Å². The molecule has 3 rings (SSSR count). The third kappa shape index (κ3) is 5.82. The lowest BCUT2D eigenvalue weighted by Crippen LogP contribution is -2.41. The number of carbonyl (C=O) groups is 1. The zero-order valence-corrected chi connectivity index (χ0v) is 19.6. The summed E-state index contributed by atoms with van der Waals surface area (Å²) in [5.74, 6) is 0.552. The lowest BCUT2D eigenvalue weighted by atomic mass is 10.0. The fourth-order valence-electron chi connectivity index (χ4n) is 3.51. The average molecular weight is 460 g/mol. The molecule has 0 N–H and O–H groups in total. The van der Waals surface area contributed by atoms with E-state index in [2.05, 4.69) is 4.57 Å². The molecule has 8 heteroatoms. The van der Waals surface area contributed by atoms with Gasteiger partial charge in [-0.3, -0.25) is 0 Å². The van der Waals surface area contributed by atoms with E-state index in [0.29, 0.717) is 17.9 Å². The second-order valence-corrected chi connectivity index (χ2v) is 9.52.